The summed E-state index contributed by atoms with van der Waals surface area (Å²) in [6.07, 6.45) is 11.2. The predicted molar refractivity (Wildman–Crippen MR) is 108 cm³/mol. The van der Waals surface area contributed by atoms with Gasteiger partial charge in [0.2, 0.25) is 0 Å². The molecule has 3 atom stereocenters. The number of hydrogen-bond acceptors (Lipinski definition) is 4. The number of methoxy groups -OCH3 is 1. The lowest BCUT2D eigenvalue weighted by molar-refractivity contribution is 0.103. The number of fused-ring (bicyclic) bond motifs is 2. The summed E-state index contributed by atoms with van der Waals surface area (Å²) in [5, 5.41) is 0. The summed E-state index contributed by atoms with van der Waals surface area (Å²) in [5.74, 6) is 3.33. The maximum absolute atomic E-state index is 12.7. The topological polar surface area (TPSA) is 42.7 Å². The van der Waals surface area contributed by atoms with Gasteiger partial charge in [-0.05, 0) is 92.8 Å². The van der Waals surface area contributed by atoms with Gasteiger partial charge in [-0.15, -0.1) is 0 Å². The van der Waals surface area contributed by atoms with Gasteiger partial charge in [-0.25, -0.2) is 0 Å². The molecule has 0 amide bonds. The van der Waals surface area contributed by atoms with Crippen molar-refractivity contribution in [2.24, 2.45) is 11.8 Å². The van der Waals surface area contributed by atoms with Gasteiger partial charge >= 0.3 is 0 Å². The first-order valence-corrected chi connectivity index (χ1v) is 10.7. The molecule has 0 radical (unpaired) electrons. The Hall–Kier alpha value is -2.07. The lowest BCUT2D eigenvalue weighted by Gasteiger charge is -2.40. The van der Waals surface area contributed by atoms with Gasteiger partial charge in [0.15, 0.2) is 5.78 Å². The van der Waals surface area contributed by atoms with Crippen LogP contribution in [0.3, 0.4) is 0 Å². The summed E-state index contributed by atoms with van der Waals surface area (Å²) >= 11 is 0. The van der Waals surface area contributed by atoms with E-state index in [1.54, 1.807) is 19.4 Å². The van der Waals surface area contributed by atoms with Crippen LogP contribution in [0, 0.1) is 11.8 Å². The summed E-state index contributed by atoms with van der Waals surface area (Å²) in [6, 6.07) is 8.41. The number of piperidine rings is 1. The Balaban J connectivity index is 1.31. The molecule has 148 valence electrons. The second-order valence-corrected chi connectivity index (χ2v) is 8.85. The molecule has 3 fully saturated rings. The molecule has 2 bridgehead atoms. The highest BCUT2D eigenvalue weighted by molar-refractivity contribution is 6.08. The van der Waals surface area contributed by atoms with Gasteiger partial charge in [0.05, 0.1) is 18.9 Å². The molecule has 0 unspecified atom stereocenters. The van der Waals surface area contributed by atoms with Gasteiger partial charge in [0.1, 0.15) is 12.0 Å². The number of ether oxygens (including phenoxy) is 1. The molecule has 1 aliphatic heterocycles. The van der Waals surface area contributed by atoms with Crippen LogP contribution in [0.4, 0.5) is 0 Å². The van der Waals surface area contributed by atoms with Crippen molar-refractivity contribution >= 4 is 5.78 Å². The Kier molecular flexibility index (Phi) is 4.75. The number of hydrogen-bond donors (Lipinski definition) is 0. The van der Waals surface area contributed by atoms with Gasteiger partial charge in [-0.2, -0.15) is 0 Å². The van der Waals surface area contributed by atoms with Crippen LogP contribution in [-0.2, 0) is 0 Å². The van der Waals surface area contributed by atoms with E-state index >= 15 is 0 Å². The molecule has 2 aliphatic carbocycles. The average molecular weight is 380 g/mol. The number of rotatable bonds is 5. The van der Waals surface area contributed by atoms with Crippen LogP contribution in [0.5, 0.6) is 5.75 Å². The van der Waals surface area contributed by atoms with Crippen LogP contribution < -0.4 is 4.74 Å². The smallest absolute Gasteiger partial charge is 0.196 e. The third-order valence-corrected chi connectivity index (χ3v) is 7.41. The predicted octanol–water partition coefficient (Wildman–Crippen LogP) is 4.89. The maximum Gasteiger partial charge on any atom is 0.196 e. The van der Waals surface area contributed by atoms with Crippen LogP contribution in [0.25, 0.3) is 0 Å². The van der Waals surface area contributed by atoms with E-state index in [0.717, 1.165) is 36.5 Å². The first kappa shape index (κ1) is 18.0. The number of carbonyl (C=O) groups is 1. The van der Waals surface area contributed by atoms with Crippen LogP contribution in [0.1, 0.15) is 65.9 Å². The Labute approximate surface area is 166 Å². The Morgan fingerprint density at radius 1 is 1.07 bits per heavy atom. The van der Waals surface area contributed by atoms with Gasteiger partial charge < -0.3 is 14.1 Å². The number of carbonyl (C=O) groups excluding carboxylic acids is 1. The minimum absolute atomic E-state index is 0.0112. The maximum atomic E-state index is 12.7. The van der Waals surface area contributed by atoms with Crippen LogP contribution in [-0.4, -0.2) is 36.9 Å². The SMILES string of the molecule is COc1ccc(C(=O)c2ccoc2)cc1C1CCN([C@H]2C[C@H]3CC[C@H]2C3)CC1. The fraction of sp³-hybridized carbons (Fsp3) is 0.542. The fourth-order valence-corrected chi connectivity index (χ4v) is 5.96. The quantitative estimate of drug-likeness (QED) is 0.694. The Morgan fingerprint density at radius 2 is 1.93 bits per heavy atom. The standard InChI is InChI=1S/C24H29NO3/c1-27-23-5-4-19(24(26)20-8-11-28-15-20)14-21(23)17-6-9-25(10-7-17)22-13-16-2-3-18(22)12-16/h4-5,8,11,14-18,22H,2-3,6-7,9-10,12-13H2,1H3/t16-,18-,22-/m0/s1. The highest BCUT2D eigenvalue weighted by Crippen LogP contribution is 2.48. The fourth-order valence-electron chi connectivity index (χ4n) is 5.96. The molecule has 5 rings (SSSR count). The molecule has 0 N–H and O–H groups in total. The van der Waals surface area contributed by atoms with Crippen molar-refractivity contribution in [3.8, 4) is 5.75 Å². The van der Waals surface area contributed by atoms with Crippen LogP contribution in [0.15, 0.2) is 41.2 Å². The van der Waals surface area contributed by atoms with Crippen molar-refractivity contribution in [2.45, 2.75) is 50.5 Å². The third-order valence-electron chi connectivity index (χ3n) is 7.41. The van der Waals surface area contributed by atoms with E-state index in [0.29, 0.717) is 17.0 Å². The summed E-state index contributed by atoms with van der Waals surface area (Å²) in [5.41, 5.74) is 2.50. The average Bonchev–Trinajstić information content (AvgIpc) is 3.51. The van der Waals surface area contributed by atoms with Gasteiger partial charge in [-0.3, -0.25) is 4.79 Å². The van der Waals surface area contributed by atoms with Crippen molar-refractivity contribution in [3.63, 3.8) is 0 Å². The minimum Gasteiger partial charge on any atom is -0.496 e. The third kappa shape index (κ3) is 3.18. The summed E-state index contributed by atoms with van der Waals surface area (Å²) in [4.78, 5) is 15.5. The van der Waals surface area contributed by atoms with E-state index in [9.17, 15) is 4.79 Å². The second-order valence-electron chi connectivity index (χ2n) is 8.85. The van der Waals surface area contributed by atoms with Crippen molar-refractivity contribution in [1.29, 1.82) is 0 Å². The lowest BCUT2D eigenvalue weighted by Crippen LogP contribution is -2.43. The largest absolute Gasteiger partial charge is 0.496 e. The molecule has 2 saturated carbocycles. The molecular formula is C24H29NO3. The number of benzene rings is 1. The van der Waals surface area contributed by atoms with Gasteiger partial charge in [0, 0.05) is 11.6 Å². The van der Waals surface area contributed by atoms with Gasteiger partial charge in [-0.1, -0.05) is 6.42 Å². The van der Waals surface area contributed by atoms with E-state index in [-0.39, 0.29) is 5.78 Å². The molecule has 4 nitrogen and oxygen atoms in total. The molecule has 1 saturated heterocycles. The highest BCUT2D eigenvalue weighted by atomic mass is 16.5. The summed E-state index contributed by atoms with van der Waals surface area (Å²) in [7, 11) is 1.72. The first-order chi connectivity index (χ1) is 13.7. The van der Waals surface area contributed by atoms with E-state index in [1.165, 1.54) is 50.6 Å². The zero-order valence-corrected chi connectivity index (χ0v) is 16.6. The van der Waals surface area contributed by atoms with E-state index in [2.05, 4.69) is 4.90 Å². The zero-order valence-electron chi connectivity index (χ0n) is 16.6. The molecule has 28 heavy (non-hydrogen) atoms. The van der Waals surface area contributed by atoms with E-state index < -0.39 is 0 Å². The van der Waals surface area contributed by atoms with Crippen molar-refractivity contribution in [3.05, 3.63) is 53.5 Å². The zero-order chi connectivity index (χ0) is 19.1. The second kappa shape index (κ2) is 7.40. The van der Waals surface area contributed by atoms with Crippen LogP contribution >= 0.6 is 0 Å². The van der Waals surface area contributed by atoms with E-state index in [1.807, 2.05) is 18.2 Å². The Bertz CT molecular complexity index is 836. The van der Waals surface area contributed by atoms with E-state index in [4.69, 9.17) is 9.15 Å². The van der Waals surface area contributed by atoms with Crippen LogP contribution in [0.2, 0.25) is 0 Å². The van der Waals surface area contributed by atoms with Crippen molar-refractivity contribution in [2.75, 3.05) is 20.2 Å². The molecular weight excluding hydrogens is 350 g/mol. The highest BCUT2D eigenvalue weighted by Gasteiger charge is 2.43. The molecule has 2 heterocycles. The number of ketones is 1. The number of likely N-dealkylation sites (tertiary alicyclic amines) is 1. The molecule has 0 spiro atoms. The number of nitrogens with zero attached hydrogens (tertiary/aromatic N) is 1. The minimum atomic E-state index is 0.0112. The monoisotopic (exact) mass is 379 g/mol. The molecule has 1 aromatic heterocycles. The molecule has 4 heteroatoms. The molecule has 1 aromatic carbocycles. The lowest BCUT2D eigenvalue weighted by atomic mass is 9.85. The normalized spacial score (nSPS) is 28.0. The first-order valence-electron chi connectivity index (χ1n) is 10.7. The Morgan fingerprint density at radius 3 is 2.57 bits per heavy atom. The molecule has 3 aliphatic rings. The summed E-state index contributed by atoms with van der Waals surface area (Å²) in [6.45, 7) is 2.34. The molecule has 2 aromatic rings. The van der Waals surface area contributed by atoms with Crippen molar-refractivity contribution < 1.29 is 13.9 Å². The number of furan rings is 1. The van der Waals surface area contributed by atoms with Gasteiger partial charge in [0.25, 0.3) is 0 Å². The summed E-state index contributed by atoms with van der Waals surface area (Å²) < 4.78 is 10.7. The van der Waals surface area contributed by atoms with Crippen molar-refractivity contribution in [1.82, 2.24) is 4.90 Å².